The van der Waals surface area contributed by atoms with Crippen LogP contribution in [0.4, 0.5) is 5.69 Å². The van der Waals surface area contributed by atoms with Crippen LogP contribution in [0.15, 0.2) is 42.5 Å². The second kappa shape index (κ2) is 3.89. The van der Waals surface area contributed by atoms with Crippen LogP contribution >= 0.6 is 0 Å². The molecule has 0 atom stereocenters. The first-order chi connectivity index (χ1) is 7.21. The van der Waals surface area contributed by atoms with Crippen molar-refractivity contribution in [3.05, 3.63) is 42.5 Å². The van der Waals surface area contributed by atoms with Gasteiger partial charge in [0.2, 0.25) is 5.91 Å². The Kier molecular flexibility index (Phi) is 2.58. The molecule has 0 bridgehead atoms. The van der Waals surface area contributed by atoms with Crippen molar-refractivity contribution in [2.24, 2.45) is 5.41 Å². The fourth-order valence-electron chi connectivity index (χ4n) is 1.76. The van der Waals surface area contributed by atoms with Gasteiger partial charge in [0, 0.05) is 5.69 Å². The van der Waals surface area contributed by atoms with Gasteiger partial charge in [-0.2, -0.15) is 0 Å². The minimum Gasteiger partial charge on any atom is -0.326 e. The molecule has 1 aromatic carbocycles. The SMILES string of the molecule is CC1(C(=O)Nc2ccccc2)CC=CC1. The van der Waals surface area contributed by atoms with Crippen LogP contribution in [0, 0.1) is 5.41 Å². The van der Waals surface area contributed by atoms with Gasteiger partial charge in [-0.3, -0.25) is 4.79 Å². The predicted octanol–water partition coefficient (Wildman–Crippen LogP) is 2.98. The number of hydrogen-bond acceptors (Lipinski definition) is 1. The van der Waals surface area contributed by atoms with E-state index >= 15 is 0 Å². The number of para-hydroxylation sites is 1. The molecule has 1 aromatic rings. The van der Waals surface area contributed by atoms with Gasteiger partial charge in [0.15, 0.2) is 0 Å². The molecule has 0 aliphatic heterocycles. The molecule has 2 nitrogen and oxygen atoms in total. The van der Waals surface area contributed by atoms with E-state index in [1.54, 1.807) is 0 Å². The Morgan fingerprint density at radius 1 is 1.20 bits per heavy atom. The summed E-state index contributed by atoms with van der Waals surface area (Å²) in [5, 5.41) is 2.95. The molecule has 0 heterocycles. The molecule has 0 fully saturated rings. The molecule has 0 radical (unpaired) electrons. The molecule has 1 aliphatic carbocycles. The number of carbonyl (C=O) groups is 1. The lowest BCUT2D eigenvalue weighted by molar-refractivity contribution is -0.124. The third-order valence-corrected chi connectivity index (χ3v) is 2.88. The lowest BCUT2D eigenvalue weighted by Gasteiger charge is -2.22. The molecule has 0 unspecified atom stereocenters. The maximum Gasteiger partial charge on any atom is 0.230 e. The third kappa shape index (κ3) is 2.09. The van der Waals surface area contributed by atoms with Crippen molar-refractivity contribution >= 4 is 11.6 Å². The van der Waals surface area contributed by atoms with Crippen LogP contribution in [0.3, 0.4) is 0 Å². The molecular weight excluding hydrogens is 186 g/mol. The zero-order valence-electron chi connectivity index (χ0n) is 8.86. The van der Waals surface area contributed by atoms with Crippen LogP contribution in [0.25, 0.3) is 0 Å². The van der Waals surface area contributed by atoms with Crippen molar-refractivity contribution in [2.75, 3.05) is 5.32 Å². The number of amides is 1. The van der Waals surface area contributed by atoms with Crippen molar-refractivity contribution in [3.63, 3.8) is 0 Å². The summed E-state index contributed by atoms with van der Waals surface area (Å²) in [7, 11) is 0. The van der Waals surface area contributed by atoms with E-state index in [9.17, 15) is 4.79 Å². The summed E-state index contributed by atoms with van der Waals surface area (Å²) in [6, 6.07) is 9.59. The summed E-state index contributed by atoms with van der Waals surface area (Å²) >= 11 is 0. The number of rotatable bonds is 2. The Hall–Kier alpha value is -1.57. The van der Waals surface area contributed by atoms with Gasteiger partial charge < -0.3 is 5.32 Å². The van der Waals surface area contributed by atoms with Gasteiger partial charge in [-0.15, -0.1) is 0 Å². The van der Waals surface area contributed by atoms with Crippen LogP contribution in [-0.4, -0.2) is 5.91 Å². The maximum atomic E-state index is 12.0. The van der Waals surface area contributed by atoms with Crippen LogP contribution in [0.1, 0.15) is 19.8 Å². The predicted molar refractivity (Wildman–Crippen MR) is 61.6 cm³/mol. The van der Waals surface area contributed by atoms with Crippen molar-refractivity contribution < 1.29 is 4.79 Å². The van der Waals surface area contributed by atoms with E-state index in [-0.39, 0.29) is 11.3 Å². The first-order valence-electron chi connectivity index (χ1n) is 5.22. The van der Waals surface area contributed by atoms with Gasteiger partial charge in [0.25, 0.3) is 0 Å². The molecule has 2 heteroatoms. The third-order valence-electron chi connectivity index (χ3n) is 2.88. The summed E-state index contributed by atoms with van der Waals surface area (Å²) < 4.78 is 0. The largest absolute Gasteiger partial charge is 0.326 e. The number of hydrogen-bond donors (Lipinski definition) is 1. The van der Waals surface area contributed by atoms with Crippen LogP contribution in [-0.2, 0) is 4.79 Å². The van der Waals surface area contributed by atoms with Crippen LogP contribution in [0.5, 0.6) is 0 Å². The van der Waals surface area contributed by atoms with Gasteiger partial charge in [-0.05, 0) is 25.0 Å². The van der Waals surface area contributed by atoms with Gasteiger partial charge in [0.1, 0.15) is 0 Å². The zero-order valence-corrected chi connectivity index (χ0v) is 8.86. The first kappa shape index (κ1) is 9.97. The molecule has 0 saturated carbocycles. The van der Waals surface area contributed by atoms with Crippen molar-refractivity contribution in [3.8, 4) is 0 Å². The average molecular weight is 201 g/mol. The molecule has 1 amide bonds. The fourth-order valence-corrected chi connectivity index (χ4v) is 1.76. The second-order valence-electron chi connectivity index (χ2n) is 4.26. The van der Waals surface area contributed by atoms with E-state index in [2.05, 4.69) is 17.5 Å². The molecule has 0 aromatic heterocycles. The standard InChI is InChI=1S/C13H15NO/c1-13(9-5-6-10-13)12(15)14-11-7-3-2-4-8-11/h2-8H,9-10H2,1H3,(H,14,15). The number of anilines is 1. The van der Waals surface area contributed by atoms with Crippen molar-refractivity contribution in [2.45, 2.75) is 19.8 Å². The van der Waals surface area contributed by atoms with E-state index in [4.69, 9.17) is 0 Å². The lowest BCUT2D eigenvalue weighted by atomic mass is 9.87. The van der Waals surface area contributed by atoms with Crippen LogP contribution in [0.2, 0.25) is 0 Å². The van der Waals surface area contributed by atoms with Gasteiger partial charge in [-0.1, -0.05) is 37.3 Å². The normalized spacial score (nSPS) is 17.7. The molecule has 0 saturated heterocycles. The topological polar surface area (TPSA) is 29.1 Å². The Labute approximate surface area is 90.0 Å². The summed E-state index contributed by atoms with van der Waals surface area (Å²) in [4.78, 5) is 12.0. The van der Waals surface area contributed by atoms with E-state index in [1.165, 1.54) is 0 Å². The minimum absolute atomic E-state index is 0.110. The molecule has 78 valence electrons. The Morgan fingerprint density at radius 3 is 2.40 bits per heavy atom. The number of carbonyl (C=O) groups excluding carboxylic acids is 1. The fraction of sp³-hybridized carbons (Fsp3) is 0.308. The van der Waals surface area contributed by atoms with Crippen molar-refractivity contribution in [1.82, 2.24) is 0 Å². The number of nitrogens with one attached hydrogen (secondary N) is 1. The minimum atomic E-state index is -0.254. The summed E-state index contributed by atoms with van der Waals surface area (Å²) in [5.74, 6) is 0.110. The molecule has 1 N–H and O–H groups in total. The highest BCUT2D eigenvalue weighted by molar-refractivity contribution is 5.95. The average Bonchev–Trinajstić information content (AvgIpc) is 2.68. The molecular formula is C13H15NO. The molecule has 2 rings (SSSR count). The summed E-state index contributed by atoms with van der Waals surface area (Å²) in [6.07, 6.45) is 5.83. The van der Waals surface area contributed by atoms with E-state index in [0.29, 0.717) is 0 Å². The molecule has 1 aliphatic rings. The number of allylic oxidation sites excluding steroid dienone is 2. The van der Waals surface area contributed by atoms with Crippen molar-refractivity contribution in [1.29, 1.82) is 0 Å². The highest BCUT2D eigenvalue weighted by Gasteiger charge is 2.33. The highest BCUT2D eigenvalue weighted by Crippen LogP contribution is 2.33. The Bertz CT molecular complexity index is 373. The summed E-state index contributed by atoms with van der Waals surface area (Å²) in [5.41, 5.74) is 0.617. The first-order valence-corrected chi connectivity index (χ1v) is 5.22. The van der Waals surface area contributed by atoms with E-state index in [1.807, 2.05) is 37.3 Å². The second-order valence-corrected chi connectivity index (χ2v) is 4.26. The van der Waals surface area contributed by atoms with Gasteiger partial charge in [-0.25, -0.2) is 0 Å². The summed E-state index contributed by atoms with van der Waals surface area (Å²) in [6.45, 7) is 2.01. The highest BCUT2D eigenvalue weighted by atomic mass is 16.2. The number of benzene rings is 1. The monoisotopic (exact) mass is 201 g/mol. The Morgan fingerprint density at radius 2 is 1.80 bits per heavy atom. The zero-order chi connectivity index (χ0) is 10.7. The quantitative estimate of drug-likeness (QED) is 0.732. The molecule has 0 spiro atoms. The maximum absolute atomic E-state index is 12.0. The van der Waals surface area contributed by atoms with Crippen LogP contribution < -0.4 is 5.32 Å². The Balaban J connectivity index is 2.04. The van der Waals surface area contributed by atoms with E-state index in [0.717, 1.165) is 18.5 Å². The lowest BCUT2D eigenvalue weighted by Crippen LogP contribution is -2.31. The van der Waals surface area contributed by atoms with Gasteiger partial charge >= 0.3 is 0 Å². The van der Waals surface area contributed by atoms with Gasteiger partial charge in [0.05, 0.1) is 5.41 Å². The van der Waals surface area contributed by atoms with E-state index < -0.39 is 0 Å². The smallest absolute Gasteiger partial charge is 0.230 e. The molecule has 15 heavy (non-hydrogen) atoms.